The van der Waals surface area contributed by atoms with Gasteiger partial charge in [0.05, 0.1) is 18.4 Å². The van der Waals surface area contributed by atoms with Gasteiger partial charge < -0.3 is 35.5 Å². The molecule has 1 unspecified atom stereocenters. The Kier molecular flexibility index (Phi) is 5.22. The van der Waals surface area contributed by atoms with E-state index in [-0.39, 0.29) is 23.6 Å². The first-order valence-electron chi connectivity index (χ1n) is 6.76. The first-order chi connectivity index (χ1) is 10.9. The maximum absolute atomic E-state index is 11.4. The molecule has 8 nitrogen and oxygen atoms in total. The van der Waals surface area contributed by atoms with Crippen LogP contribution in [0.15, 0.2) is 30.3 Å². The molecule has 6 N–H and O–H groups in total. The second-order valence-electron chi connectivity index (χ2n) is 4.80. The number of amides is 1. The molecule has 1 aromatic carbocycles. The van der Waals surface area contributed by atoms with E-state index < -0.39 is 18.3 Å². The number of aliphatic hydroxyl groups is 3. The molecule has 1 heterocycles. The third-order valence-electron chi connectivity index (χ3n) is 3.22. The standard InChI is InChI=1S/C15H18N2O6/c1-22-8-2-3-9(14(16)19)13(6-8)23-7-12(18)10-4-5-11(17-10)15(20)21/h2-6,12,15,17-18,20-21H,7H2,1H3,(H2,16,19). The Morgan fingerprint density at radius 2 is 1.91 bits per heavy atom. The minimum Gasteiger partial charge on any atom is -0.497 e. The van der Waals surface area contributed by atoms with E-state index in [9.17, 15) is 9.90 Å². The third kappa shape index (κ3) is 4.01. The normalized spacial score (nSPS) is 12.2. The van der Waals surface area contributed by atoms with E-state index in [2.05, 4.69) is 4.98 Å². The third-order valence-corrected chi connectivity index (χ3v) is 3.22. The van der Waals surface area contributed by atoms with Gasteiger partial charge in [-0.1, -0.05) is 0 Å². The Hall–Kier alpha value is -2.55. The molecule has 0 aliphatic heterocycles. The Morgan fingerprint density at radius 1 is 1.22 bits per heavy atom. The average Bonchev–Trinajstić information content (AvgIpc) is 3.02. The number of primary amides is 1. The zero-order valence-corrected chi connectivity index (χ0v) is 12.4. The van der Waals surface area contributed by atoms with Crippen molar-refractivity contribution in [1.82, 2.24) is 4.98 Å². The first-order valence-corrected chi connectivity index (χ1v) is 6.76. The summed E-state index contributed by atoms with van der Waals surface area (Å²) >= 11 is 0. The van der Waals surface area contributed by atoms with Gasteiger partial charge >= 0.3 is 0 Å². The molecule has 2 rings (SSSR count). The van der Waals surface area contributed by atoms with Crippen LogP contribution in [0.2, 0.25) is 0 Å². The Balaban J connectivity index is 2.11. The quantitative estimate of drug-likeness (QED) is 0.462. The molecule has 23 heavy (non-hydrogen) atoms. The van der Waals surface area contributed by atoms with Crippen LogP contribution in [-0.2, 0) is 0 Å². The smallest absolute Gasteiger partial charge is 0.252 e. The highest BCUT2D eigenvalue weighted by molar-refractivity contribution is 5.95. The number of ether oxygens (including phenoxy) is 2. The van der Waals surface area contributed by atoms with Gasteiger partial charge in [0.1, 0.15) is 24.2 Å². The van der Waals surface area contributed by atoms with Crippen molar-refractivity contribution in [3.63, 3.8) is 0 Å². The molecule has 1 atom stereocenters. The molecule has 0 saturated carbocycles. The van der Waals surface area contributed by atoms with Crippen molar-refractivity contribution in [2.75, 3.05) is 13.7 Å². The number of hydrogen-bond acceptors (Lipinski definition) is 6. The van der Waals surface area contributed by atoms with Gasteiger partial charge in [-0.2, -0.15) is 0 Å². The molecule has 1 aromatic heterocycles. The zero-order chi connectivity index (χ0) is 17.0. The molecular formula is C15H18N2O6. The van der Waals surface area contributed by atoms with Gasteiger partial charge in [0.2, 0.25) is 0 Å². The van der Waals surface area contributed by atoms with Gasteiger partial charge in [-0.25, -0.2) is 0 Å². The van der Waals surface area contributed by atoms with E-state index in [1.54, 1.807) is 6.07 Å². The molecular weight excluding hydrogens is 304 g/mol. The van der Waals surface area contributed by atoms with E-state index in [0.717, 1.165) is 0 Å². The van der Waals surface area contributed by atoms with Gasteiger partial charge in [0, 0.05) is 11.8 Å². The summed E-state index contributed by atoms with van der Waals surface area (Å²) in [6.45, 7) is -0.172. The topological polar surface area (TPSA) is 138 Å². The van der Waals surface area contributed by atoms with Crippen LogP contribution in [0.3, 0.4) is 0 Å². The summed E-state index contributed by atoms with van der Waals surface area (Å²) in [5, 5.41) is 28.1. The lowest BCUT2D eigenvalue weighted by Gasteiger charge is -2.14. The van der Waals surface area contributed by atoms with Crippen LogP contribution in [0.4, 0.5) is 0 Å². The highest BCUT2D eigenvalue weighted by Gasteiger charge is 2.16. The monoisotopic (exact) mass is 322 g/mol. The average molecular weight is 322 g/mol. The molecule has 0 aliphatic rings. The summed E-state index contributed by atoms with van der Waals surface area (Å²) in [6.07, 6.45) is -2.72. The molecule has 0 saturated heterocycles. The fourth-order valence-electron chi connectivity index (χ4n) is 1.99. The minimum atomic E-state index is -1.66. The summed E-state index contributed by atoms with van der Waals surface area (Å²) in [7, 11) is 1.47. The number of nitrogens with one attached hydrogen (secondary N) is 1. The van der Waals surface area contributed by atoms with Crippen molar-refractivity contribution < 1.29 is 29.6 Å². The van der Waals surface area contributed by atoms with Crippen molar-refractivity contribution in [2.24, 2.45) is 5.73 Å². The lowest BCUT2D eigenvalue weighted by atomic mass is 10.2. The number of carbonyl (C=O) groups is 1. The zero-order valence-electron chi connectivity index (χ0n) is 12.4. The van der Waals surface area contributed by atoms with E-state index in [1.807, 2.05) is 0 Å². The Morgan fingerprint density at radius 3 is 2.48 bits per heavy atom. The van der Waals surface area contributed by atoms with Crippen LogP contribution in [-0.4, -0.2) is 39.9 Å². The van der Waals surface area contributed by atoms with Crippen LogP contribution in [0, 0.1) is 0 Å². The van der Waals surface area contributed by atoms with Crippen LogP contribution in [0.5, 0.6) is 11.5 Å². The predicted molar refractivity (Wildman–Crippen MR) is 79.9 cm³/mol. The van der Waals surface area contributed by atoms with E-state index in [0.29, 0.717) is 11.4 Å². The highest BCUT2D eigenvalue weighted by atomic mass is 16.5. The summed E-state index contributed by atoms with van der Waals surface area (Å²) in [4.78, 5) is 14.1. The molecule has 0 spiro atoms. The molecule has 8 heteroatoms. The van der Waals surface area contributed by atoms with Gasteiger partial charge in [0.15, 0.2) is 6.29 Å². The number of aliphatic hydroxyl groups excluding tert-OH is 2. The fraction of sp³-hybridized carbons (Fsp3) is 0.267. The second kappa shape index (κ2) is 7.14. The van der Waals surface area contributed by atoms with E-state index in [1.165, 1.54) is 31.4 Å². The fourth-order valence-corrected chi connectivity index (χ4v) is 1.99. The van der Waals surface area contributed by atoms with Crippen LogP contribution < -0.4 is 15.2 Å². The molecule has 124 valence electrons. The van der Waals surface area contributed by atoms with Crippen LogP contribution in [0.25, 0.3) is 0 Å². The minimum absolute atomic E-state index is 0.151. The molecule has 0 bridgehead atoms. The van der Waals surface area contributed by atoms with Crippen molar-refractivity contribution in [1.29, 1.82) is 0 Å². The van der Waals surface area contributed by atoms with Gasteiger partial charge in [0.25, 0.3) is 5.91 Å². The van der Waals surface area contributed by atoms with E-state index in [4.69, 9.17) is 25.4 Å². The largest absolute Gasteiger partial charge is 0.497 e. The number of aromatic amines is 1. The SMILES string of the molecule is COc1ccc(C(N)=O)c(OCC(O)c2ccc(C(O)O)[nH]2)c1. The van der Waals surface area contributed by atoms with Gasteiger partial charge in [-0.3, -0.25) is 4.79 Å². The maximum atomic E-state index is 11.4. The Bertz CT molecular complexity index is 682. The molecule has 0 aliphatic carbocycles. The molecule has 2 aromatic rings. The predicted octanol–water partition coefficient (Wildman–Crippen LogP) is 0.218. The van der Waals surface area contributed by atoms with Crippen molar-refractivity contribution >= 4 is 5.91 Å². The summed E-state index contributed by atoms with van der Waals surface area (Å²) in [5.41, 5.74) is 5.93. The van der Waals surface area contributed by atoms with Crippen molar-refractivity contribution in [2.45, 2.75) is 12.4 Å². The van der Waals surface area contributed by atoms with Gasteiger partial charge in [-0.05, 0) is 24.3 Å². The number of aromatic nitrogens is 1. The van der Waals surface area contributed by atoms with E-state index >= 15 is 0 Å². The van der Waals surface area contributed by atoms with Crippen LogP contribution in [0.1, 0.15) is 34.1 Å². The Labute approximate surface area is 132 Å². The molecule has 0 fully saturated rings. The summed E-state index contributed by atoms with van der Waals surface area (Å²) in [6, 6.07) is 7.47. The number of hydrogen-bond donors (Lipinski definition) is 5. The lowest BCUT2D eigenvalue weighted by molar-refractivity contribution is -0.0457. The molecule has 0 radical (unpaired) electrons. The highest BCUT2D eigenvalue weighted by Crippen LogP contribution is 2.26. The summed E-state index contributed by atoms with van der Waals surface area (Å²) < 4.78 is 10.5. The van der Waals surface area contributed by atoms with Gasteiger partial charge in [-0.15, -0.1) is 0 Å². The first kappa shape index (κ1) is 16.8. The second-order valence-corrected chi connectivity index (χ2v) is 4.80. The number of nitrogens with two attached hydrogens (primary N) is 1. The maximum Gasteiger partial charge on any atom is 0.252 e. The summed E-state index contributed by atoms with van der Waals surface area (Å²) in [5.74, 6) is -0.00219. The number of benzene rings is 1. The number of rotatable bonds is 7. The van der Waals surface area contributed by atoms with Crippen LogP contribution >= 0.6 is 0 Å². The lowest BCUT2D eigenvalue weighted by Crippen LogP contribution is -2.16. The number of H-pyrrole nitrogens is 1. The number of methoxy groups -OCH3 is 1. The van der Waals surface area contributed by atoms with Crippen molar-refractivity contribution in [3.05, 3.63) is 47.3 Å². The van der Waals surface area contributed by atoms with Crippen molar-refractivity contribution in [3.8, 4) is 11.5 Å². The molecule has 1 amide bonds. The number of carbonyl (C=O) groups excluding carboxylic acids is 1.